The highest BCUT2D eigenvalue weighted by molar-refractivity contribution is 5.76. The molecule has 0 spiro atoms. The van der Waals surface area contributed by atoms with E-state index in [9.17, 15) is 4.79 Å². The summed E-state index contributed by atoms with van der Waals surface area (Å²) in [6, 6.07) is 15.2. The Morgan fingerprint density at radius 1 is 1.20 bits per heavy atom. The predicted molar refractivity (Wildman–Crippen MR) is 77.0 cm³/mol. The van der Waals surface area contributed by atoms with Gasteiger partial charge >= 0.3 is 5.97 Å². The molecule has 0 saturated carbocycles. The summed E-state index contributed by atoms with van der Waals surface area (Å²) in [4.78, 5) is 16.1. The fourth-order valence-electron chi connectivity index (χ4n) is 1.96. The average Bonchev–Trinajstić information content (AvgIpc) is 2.52. The lowest BCUT2D eigenvalue weighted by Gasteiger charge is -2.16. The number of rotatable bonds is 6. The minimum atomic E-state index is -0.371. The summed E-state index contributed by atoms with van der Waals surface area (Å²) in [6.45, 7) is 0.535. The highest BCUT2D eigenvalue weighted by atomic mass is 16.5. The summed E-state index contributed by atoms with van der Waals surface area (Å²) < 4.78 is 4.85. The first-order valence-corrected chi connectivity index (χ1v) is 6.54. The zero-order chi connectivity index (χ0) is 14.2. The maximum absolute atomic E-state index is 11.8. The molecule has 0 radical (unpaired) electrons. The van der Waals surface area contributed by atoms with E-state index in [4.69, 9.17) is 4.74 Å². The summed E-state index contributed by atoms with van der Waals surface area (Å²) >= 11 is 0. The lowest BCUT2D eigenvalue weighted by atomic mass is 10.1. The molecule has 0 aliphatic heterocycles. The van der Waals surface area contributed by atoms with Gasteiger partial charge in [-0.1, -0.05) is 36.4 Å². The molecule has 20 heavy (non-hydrogen) atoms. The van der Waals surface area contributed by atoms with Crippen molar-refractivity contribution in [3.8, 4) is 0 Å². The van der Waals surface area contributed by atoms with Crippen LogP contribution in [0.1, 0.15) is 11.3 Å². The van der Waals surface area contributed by atoms with Crippen LogP contribution >= 0.6 is 0 Å². The number of esters is 1. The molecule has 0 amide bonds. The summed E-state index contributed by atoms with van der Waals surface area (Å²) in [5.41, 5.74) is 1.99. The van der Waals surface area contributed by atoms with Crippen molar-refractivity contribution in [1.29, 1.82) is 0 Å². The first kappa shape index (κ1) is 14.2. The first-order valence-electron chi connectivity index (χ1n) is 6.54. The second-order valence-corrected chi connectivity index (χ2v) is 4.47. The van der Waals surface area contributed by atoms with Crippen molar-refractivity contribution in [2.45, 2.75) is 19.0 Å². The monoisotopic (exact) mass is 270 g/mol. The number of pyridine rings is 1. The van der Waals surface area contributed by atoms with Crippen LogP contribution in [0, 0.1) is 0 Å². The molecule has 2 aromatic rings. The van der Waals surface area contributed by atoms with E-state index in [1.165, 1.54) is 7.11 Å². The van der Waals surface area contributed by atoms with Gasteiger partial charge in [0.2, 0.25) is 0 Å². The van der Waals surface area contributed by atoms with Crippen molar-refractivity contribution in [2.75, 3.05) is 7.11 Å². The van der Waals surface area contributed by atoms with Crippen LogP contribution < -0.4 is 5.32 Å². The Bertz CT molecular complexity index is 529. The highest BCUT2D eigenvalue weighted by Gasteiger charge is 2.19. The van der Waals surface area contributed by atoms with E-state index in [1.54, 1.807) is 6.20 Å². The molecule has 0 saturated heterocycles. The van der Waals surface area contributed by atoms with Gasteiger partial charge in [0.25, 0.3) is 0 Å². The lowest BCUT2D eigenvalue weighted by Crippen LogP contribution is -2.39. The molecule has 1 aromatic carbocycles. The minimum Gasteiger partial charge on any atom is -0.468 e. The van der Waals surface area contributed by atoms with Gasteiger partial charge in [-0.2, -0.15) is 0 Å². The standard InChI is InChI=1S/C16H18N2O2/c1-20-16(19)15(11-13-7-3-2-4-8-13)18-12-14-9-5-6-10-17-14/h2-10,15,18H,11-12H2,1H3. The molecular formula is C16H18N2O2. The number of nitrogens with zero attached hydrogens (tertiary/aromatic N) is 1. The van der Waals surface area contributed by atoms with Gasteiger partial charge < -0.3 is 4.74 Å². The maximum atomic E-state index is 11.8. The van der Waals surface area contributed by atoms with Crippen molar-refractivity contribution in [3.63, 3.8) is 0 Å². The molecule has 0 fully saturated rings. The summed E-state index contributed by atoms with van der Waals surface area (Å²) in [6.07, 6.45) is 2.34. The third-order valence-electron chi connectivity index (χ3n) is 3.02. The number of nitrogens with one attached hydrogen (secondary N) is 1. The van der Waals surface area contributed by atoms with Gasteiger partial charge in [-0.15, -0.1) is 0 Å². The SMILES string of the molecule is COC(=O)C(Cc1ccccc1)NCc1ccccn1. The molecule has 0 aliphatic carbocycles. The minimum absolute atomic E-state index is 0.259. The van der Waals surface area contributed by atoms with E-state index in [1.807, 2.05) is 48.5 Å². The smallest absolute Gasteiger partial charge is 0.323 e. The van der Waals surface area contributed by atoms with Crippen molar-refractivity contribution >= 4 is 5.97 Å². The van der Waals surface area contributed by atoms with E-state index < -0.39 is 0 Å². The maximum Gasteiger partial charge on any atom is 0.323 e. The van der Waals surface area contributed by atoms with Gasteiger partial charge in [0, 0.05) is 12.7 Å². The van der Waals surface area contributed by atoms with Crippen LogP contribution in [0.15, 0.2) is 54.7 Å². The first-order chi connectivity index (χ1) is 9.79. The lowest BCUT2D eigenvalue weighted by molar-refractivity contribution is -0.143. The predicted octanol–water partition coefficient (Wildman–Crippen LogP) is 1.96. The number of benzene rings is 1. The van der Waals surface area contributed by atoms with Gasteiger partial charge in [0.15, 0.2) is 0 Å². The highest BCUT2D eigenvalue weighted by Crippen LogP contribution is 2.05. The molecule has 1 N–H and O–H groups in total. The molecule has 0 bridgehead atoms. The number of aromatic nitrogens is 1. The number of methoxy groups -OCH3 is 1. The number of carbonyl (C=O) groups excluding carboxylic acids is 1. The molecular weight excluding hydrogens is 252 g/mol. The van der Waals surface area contributed by atoms with E-state index in [2.05, 4.69) is 10.3 Å². The van der Waals surface area contributed by atoms with Crippen LogP contribution in [0.25, 0.3) is 0 Å². The molecule has 1 aromatic heterocycles. The fraction of sp³-hybridized carbons (Fsp3) is 0.250. The van der Waals surface area contributed by atoms with E-state index in [0.717, 1.165) is 11.3 Å². The third-order valence-corrected chi connectivity index (χ3v) is 3.02. The van der Waals surface area contributed by atoms with E-state index in [0.29, 0.717) is 13.0 Å². The number of ether oxygens (including phenoxy) is 1. The van der Waals surface area contributed by atoms with Crippen LogP contribution in [-0.2, 0) is 22.5 Å². The summed E-state index contributed by atoms with van der Waals surface area (Å²) in [5, 5.41) is 3.20. The zero-order valence-corrected chi connectivity index (χ0v) is 11.5. The second kappa shape index (κ2) is 7.40. The fourth-order valence-corrected chi connectivity index (χ4v) is 1.96. The van der Waals surface area contributed by atoms with Crippen LogP contribution in [0.5, 0.6) is 0 Å². The molecule has 0 aliphatic rings. The Hall–Kier alpha value is -2.20. The quantitative estimate of drug-likeness (QED) is 0.815. The Morgan fingerprint density at radius 3 is 2.60 bits per heavy atom. The Balaban J connectivity index is 1.99. The largest absolute Gasteiger partial charge is 0.468 e. The van der Waals surface area contributed by atoms with Gasteiger partial charge in [-0.3, -0.25) is 15.1 Å². The Kier molecular flexibility index (Phi) is 5.26. The Morgan fingerprint density at radius 2 is 1.95 bits per heavy atom. The van der Waals surface area contributed by atoms with E-state index >= 15 is 0 Å². The molecule has 4 nitrogen and oxygen atoms in total. The van der Waals surface area contributed by atoms with Crippen molar-refractivity contribution in [2.24, 2.45) is 0 Å². The molecule has 4 heteroatoms. The molecule has 1 heterocycles. The third kappa shape index (κ3) is 4.17. The average molecular weight is 270 g/mol. The van der Waals surface area contributed by atoms with Crippen molar-refractivity contribution in [3.05, 3.63) is 66.0 Å². The van der Waals surface area contributed by atoms with Crippen LogP contribution in [0.3, 0.4) is 0 Å². The molecule has 2 rings (SSSR count). The van der Waals surface area contributed by atoms with Gasteiger partial charge in [0.05, 0.1) is 12.8 Å². The number of hydrogen-bond donors (Lipinski definition) is 1. The topological polar surface area (TPSA) is 51.2 Å². The summed E-state index contributed by atoms with van der Waals surface area (Å²) in [7, 11) is 1.41. The van der Waals surface area contributed by atoms with Crippen LogP contribution in [0.4, 0.5) is 0 Å². The van der Waals surface area contributed by atoms with Crippen molar-refractivity contribution < 1.29 is 9.53 Å². The Labute approximate surface area is 118 Å². The van der Waals surface area contributed by atoms with Gasteiger partial charge in [-0.05, 0) is 24.1 Å². The van der Waals surface area contributed by atoms with Gasteiger partial charge in [-0.25, -0.2) is 0 Å². The second-order valence-electron chi connectivity index (χ2n) is 4.47. The zero-order valence-electron chi connectivity index (χ0n) is 11.5. The molecule has 104 valence electrons. The molecule has 1 atom stereocenters. The molecule has 1 unspecified atom stereocenters. The van der Waals surface area contributed by atoms with E-state index in [-0.39, 0.29) is 12.0 Å². The summed E-state index contributed by atoms with van der Waals surface area (Å²) in [5.74, 6) is -0.259. The van der Waals surface area contributed by atoms with Crippen LogP contribution in [0.2, 0.25) is 0 Å². The number of hydrogen-bond acceptors (Lipinski definition) is 4. The normalized spacial score (nSPS) is 11.8. The van der Waals surface area contributed by atoms with Crippen molar-refractivity contribution in [1.82, 2.24) is 10.3 Å². The number of carbonyl (C=O) groups is 1. The van der Waals surface area contributed by atoms with Gasteiger partial charge in [0.1, 0.15) is 6.04 Å². The van der Waals surface area contributed by atoms with Crippen LogP contribution in [-0.4, -0.2) is 24.1 Å².